The zero-order valence-corrected chi connectivity index (χ0v) is 13.9. The number of hydrogen-bond donors (Lipinski definition) is 0. The Bertz CT molecular complexity index is 1010. The van der Waals surface area contributed by atoms with Crippen molar-refractivity contribution in [3.63, 3.8) is 0 Å². The first-order valence-corrected chi connectivity index (χ1v) is 9.02. The van der Waals surface area contributed by atoms with Crippen molar-refractivity contribution >= 4 is 26.5 Å². The number of nitrogens with zero attached hydrogens (tertiary/aromatic N) is 1. The molecule has 1 aliphatic heterocycles. The third kappa shape index (κ3) is 2.13. The fourth-order valence-corrected chi connectivity index (χ4v) is 5.15. The van der Waals surface area contributed by atoms with Crippen molar-refractivity contribution in [1.82, 2.24) is 0 Å². The van der Waals surface area contributed by atoms with Crippen molar-refractivity contribution < 1.29 is 8.42 Å². The molecule has 0 bridgehead atoms. The molecule has 3 aromatic carbocycles. The summed E-state index contributed by atoms with van der Waals surface area (Å²) in [7, 11) is -3.49. The summed E-state index contributed by atoms with van der Waals surface area (Å²) in [5.74, 6) is 0. The van der Waals surface area contributed by atoms with Crippen LogP contribution < -0.4 is 4.31 Å². The molecule has 116 valence electrons. The van der Waals surface area contributed by atoms with E-state index in [0.29, 0.717) is 11.4 Å². The van der Waals surface area contributed by atoms with Gasteiger partial charge in [0.1, 0.15) is 0 Å². The Morgan fingerprint density at radius 2 is 1.57 bits per heavy atom. The summed E-state index contributed by atoms with van der Waals surface area (Å²) in [5, 5.41) is 1.80. The highest BCUT2D eigenvalue weighted by atomic mass is 32.2. The van der Waals surface area contributed by atoms with Gasteiger partial charge in [-0.2, -0.15) is 0 Å². The minimum Gasteiger partial charge on any atom is -0.261 e. The second kappa shape index (κ2) is 4.83. The molecular weight excluding hydrogens is 306 g/mol. The van der Waals surface area contributed by atoms with E-state index in [-0.39, 0.29) is 0 Å². The second-order valence-electron chi connectivity index (χ2n) is 6.14. The molecule has 23 heavy (non-hydrogen) atoms. The Morgan fingerprint density at radius 3 is 2.26 bits per heavy atom. The van der Waals surface area contributed by atoms with Crippen molar-refractivity contribution in [1.29, 1.82) is 0 Å². The standard InChI is InChI=1S/C19H17NO2S/c1-13-9-14(2)11-15(10-13)12-20-17-7-3-5-16-6-4-8-18(19(16)17)23(20,21)22/h3-11H,12H2,1-2H3. The molecule has 0 saturated carbocycles. The van der Waals surface area contributed by atoms with Gasteiger partial charge in [0.15, 0.2) is 0 Å². The highest BCUT2D eigenvalue weighted by Crippen LogP contribution is 2.42. The first kappa shape index (κ1) is 14.3. The molecule has 0 N–H and O–H groups in total. The number of sulfonamides is 1. The number of benzene rings is 3. The van der Waals surface area contributed by atoms with Gasteiger partial charge in [0, 0.05) is 5.39 Å². The SMILES string of the molecule is Cc1cc(C)cc(CN2c3cccc4cccc(c34)S2(=O)=O)c1. The summed E-state index contributed by atoms with van der Waals surface area (Å²) >= 11 is 0. The van der Waals surface area contributed by atoms with Crippen LogP contribution in [0.3, 0.4) is 0 Å². The van der Waals surface area contributed by atoms with Gasteiger partial charge in [0.05, 0.1) is 17.1 Å². The molecule has 4 heteroatoms. The minimum absolute atomic E-state index is 0.360. The van der Waals surface area contributed by atoms with E-state index in [2.05, 4.69) is 6.07 Å². The lowest BCUT2D eigenvalue weighted by Crippen LogP contribution is -2.26. The third-order valence-corrected chi connectivity index (χ3v) is 6.09. The average molecular weight is 323 g/mol. The molecule has 0 aliphatic carbocycles. The molecule has 0 unspecified atom stereocenters. The van der Waals surface area contributed by atoms with E-state index in [1.54, 1.807) is 12.1 Å². The van der Waals surface area contributed by atoms with Crippen LogP contribution in [0.25, 0.3) is 10.8 Å². The predicted octanol–water partition coefficient (Wildman–Crippen LogP) is 4.17. The molecule has 1 aliphatic rings. The molecule has 0 radical (unpaired) electrons. The van der Waals surface area contributed by atoms with Gasteiger partial charge in [-0.15, -0.1) is 0 Å². The number of anilines is 1. The van der Waals surface area contributed by atoms with Gasteiger partial charge in [-0.05, 0) is 36.9 Å². The zero-order chi connectivity index (χ0) is 16.2. The minimum atomic E-state index is -3.49. The zero-order valence-electron chi connectivity index (χ0n) is 13.1. The maximum Gasteiger partial charge on any atom is 0.265 e. The lowest BCUT2D eigenvalue weighted by molar-refractivity contribution is 0.593. The maximum atomic E-state index is 13.0. The number of aryl methyl sites for hydroxylation is 2. The van der Waals surface area contributed by atoms with Gasteiger partial charge in [0.25, 0.3) is 10.0 Å². The smallest absolute Gasteiger partial charge is 0.261 e. The van der Waals surface area contributed by atoms with Crippen LogP contribution >= 0.6 is 0 Å². The fourth-order valence-electron chi connectivity index (χ4n) is 3.45. The van der Waals surface area contributed by atoms with E-state index in [9.17, 15) is 8.42 Å². The molecule has 4 rings (SSSR count). The van der Waals surface area contributed by atoms with Crippen molar-refractivity contribution in [3.8, 4) is 0 Å². The Labute approximate surface area is 136 Å². The van der Waals surface area contributed by atoms with Crippen LogP contribution in [0.4, 0.5) is 5.69 Å². The first-order valence-electron chi connectivity index (χ1n) is 7.58. The van der Waals surface area contributed by atoms with Crippen LogP contribution in [0.5, 0.6) is 0 Å². The van der Waals surface area contributed by atoms with Crippen LogP contribution in [0.1, 0.15) is 16.7 Å². The summed E-state index contributed by atoms with van der Waals surface area (Å²) in [6.07, 6.45) is 0. The third-order valence-electron chi connectivity index (χ3n) is 4.29. The molecule has 0 spiro atoms. The van der Waals surface area contributed by atoms with Gasteiger partial charge in [-0.3, -0.25) is 4.31 Å². The highest BCUT2D eigenvalue weighted by Gasteiger charge is 2.35. The van der Waals surface area contributed by atoms with Gasteiger partial charge in [-0.1, -0.05) is 53.6 Å². The Morgan fingerprint density at radius 1 is 0.913 bits per heavy atom. The van der Waals surface area contributed by atoms with Crippen LogP contribution in [-0.2, 0) is 16.6 Å². The van der Waals surface area contributed by atoms with Crippen molar-refractivity contribution in [2.24, 2.45) is 0 Å². The molecule has 3 nitrogen and oxygen atoms in total. The molecule has 1 heterocycles. The van der Waals surface area contributed by atoms with E-state index in [1.807, 2.05) is 50.2 Å². The van der Waals surface area contributed by atoms with Crippen LogP contribution in [-0.4, -0.2) is 8.42 Å². The van der Waals surface area contributed by atoms with E-state index in [4.69, 9.17) is 0 Å². The monoisotopic (exact) mass is 323 g/mol. The summed E-state index contributed by atoms with van der Waals surface area (Å²) in [4.78, 5) is 0.412. The predicted molar refractivity (Wildman–Crippen MR) is 93.2 cm³/mol. The topological polar surface area (TPSA) is 37.4 Å². The average Bonchev–Trinajstić information content (AvgIpc) is 2.70. The number of rotatable bonds is 2. The Kier molecular flexibility index (Phi) is 3.00. The maximum absolute atomic E-state index is 13.0. The molecule has 3 aromatic rings. The fraction of sp³-hybridized carbons (Fsp3) is 0.158. The summed E-state index contributed by atoms with van der Waals surface area (Å²) in [5.41, 5.74) is 4.08. The normalized spacial score (nSPS) is 15.3. The lowest BCUT2D eigenvalue weighted by atomic mass is 10.1. The second-order valence-corrected chi connectivity index (χ2v) is 7.97. The van der Waals surface area contributed by atoms with Gasteiger partial charge in [0.2, 0.25) is 0 Å². The van der Waals surface area contributed by atoms with E-state index in [1.165, 1.54) is 4.31 Å². The molecule has 0 aromatic heterocycles. The summed E-state index contributed by atoms with van der Waals surface area (Å²) in [6, 6.07) is 17.4. The first-order chi connectivity index (χ1) is 11.0. The quantitative estimate of drug-likeness (QED) is 0.710. The number of hydrogen-bond acceptors (Lipinski definition) is 2. The summed E-state index contributed by atoms with van der Waals surface area (Å²) in [6.45, 7) is 4.42. The van der Waals surface area contributed by atoms with Gasteiger partial charge in [-0.25, -0.2) is 8.42 Å². The Hall–Kier alpha value is -2.33. The van der Waals surface area contributed by atoms with Crippen LogP contribution in [0.2, 0.25) is 0 Å². The van der Waals surface area contributed by atoms with E-state index in [0.717, 1.165) is 33.2 Å². The molecule has 0 amide bonds. The Balaban J connectivity index is 1.89. The molecule has 0 atom stereocenters. The lowest BCUT2D eigenvalue weighted by Gasteiger charge is -2.19. The van der Waals surface area contributed by atoms with Crippen molar-refractivity contribution in [3.05, 3.63) is 71.3 Å². The van der Waals surface area contributed by atoms with Crippen LogP contribution in [0.15, 0.2) is 59.5 Å². The van der Waals surface area contributed by atoms with E-state index >= 15 is 0 Å². The molecule has 0 saturated heterocycles. The molecular formula is C19H17NO2S. The van der Waals surface area contributed by atoms with E-state index < -0.39 is 10.0 Å². The van der Waals surface area contributed by atoms with Gasteiger partial charge >= 0.3 is 0 Å². The van der Waals surface area contributed by atoms with Crippen molar-refractivity contribution in [2.45, 2.75) is 25.3 Å². The summed E-state index contributed by atoms with van der Waals surface area (Å²) < 4.78 is 27.5. The largest absolute Gasteiger partial charge is 0.265 e. The van der Waals surface area contributed by atoms with Gasteiger partial charge < -0.3 is 0 Å². The van der Waals surface area contributed by atoms with Crippen molar-refractivity contribution in [2.75, 3.05) is 4.31 Å². The highest BCUT2D eigenvalue weighted by molar-refractivity contribution is 7.93. The molecule has 0 fully saturated rings. The van der Waals surface area contributed by atoms with Crippen LogP contribution in [0, 0.1) is 13.8 Å².